The van der Waals surface area contributed by atoms with Crippen molar-refractivity contribution in [3.63, 3.8) is 0 Å². The van der Waals surface area contributed by atoms with Gasteiger partial charge in [0.25, 0.3) is 0 Å². The fraction of sp³-hybridized carbons (Fsp3) is 0.500. The Balaban J connectivity index is 1.96. The van der Waals surface area contributed by atoms with Gasteiger partial charge in [0.15, 0.2) is 11.8 Å². The van der Waals surface area contributed by atoms with Gasteiger partial charge in [-0.25, -0.2) is 13.5 Å². The largest absolute Gasteiger partial charge is 0.444 e. The summed E-state index contributed by atoms with van der Waals surface area (Å²) >= 11 is 1.82. The third-order valence-corrected chi connectivity index (χ3v) is 4.68. The number of hydrogen-bond donors (Lipinski definition) is 3. The van der Waals surface area contributed by atoms with E-state index in [0.29, 0.717) is 10.9 Å². The number of amides is 1. The lowest BCUT2D eigenvalue weighted by Gasteiger charge is -2.36. The quantitative estimate of drug-likeness (QED) is 0.418. The molecule has 25 heavy (non-hydrogen) atoms. The van der Waals surface area contributed by atoms with Crippen LogP contribution in [0.2, 0.25) is 0 Å². The van der Waals surface area contributed by atoms with E-state index in [-0.39, 0.29) is 18.0 Å². The first-order valence-electron chi connectivity index (χ1n) is 8.08. The molecule has 1 aromatic carbocycles. The Labute approximate surface area is 151 Å². The monoisotopic (exact) mass is 369 g/mol. The van der Waals surface area contributed by atoms with E-state index < -0.39 is 12.1 Å². The zero-order valence-corrected chi connectivity index (χ0v) is 15.2. The lowest BCUT2D eigenvalue weighted by Crippen LogP contribution is -2.44. The van der Waals surface area contributed by atoms with Crippen LogP contribution in [-0.2, 0) is 11.3 Å². The standard InChI is InChI=1S/C16H24FN5O2S/c1-11(2)25-22-8-6-21(7-9-22)13-5-3-4-12(14(13)17)10-24-16(23)20-15(18)19/h3-5,11H,6-10H2,1-2H3,(H4,18,19,20,23). The van der Waals surface area contributed by atoms with E-state index in [1.807, 2.05) is 22.2 Å². The van der Waals surface area contributed by atoms with E-state index in [1.54, 1.807) is 18.2 Å². The summed E-state index contributed by atoms with van der Waals surface area (Å²) in [6.45, 7) is 7.30. The van der Waals surface area contributed by atoms with Crippen molar-refractivity contribution in [1.82, 2.24) is 9.62 Å². The molecule has 0 saturated carbocycles. The number of alkyl carbamates (subject to hydrolysis) is 1. The minimum Gasteiger partial charge on any atom is -0.444 e. The molecule has 1 amide bonds. The summed E-state index contributed by atoms with van der Waals surface area (Å²) in [4.78, 5) is 13.4. The maximum atomic E-state index is 14.7. The molecule has 0 spiro atoms. The molecule has 9 heteroatoms. The number of nitrogens with one attached hydrogen (secondary N) is 2. The topological polar surface area (TPSA) is 94.7 Å². The zero-order valence-electron chi connectivity index (χ0n) is 14.4. The van der Waals surface area contributed by atoms with E-state index >= 15 is 0 Å². The van der Waals surface area contributed by atoms with Crippen molar-refractivity contribution in [3.8, 4) is 0 Å². The maximum absolute atomic E-state index is 14.7. The predicted molar refractivity (Wildman–Crippen MR) is 98.1 cm³/mol. The Bertz CT molecular complexity index is 621. The highest BCUT2D eigenvalue weighted by atomic mass is 32.2. The number of hydrogen-bond acceptors (Lipinski definition) is 6. The molecule has 0 aliphatic carbocycles. The summed E-state index contributed by atoms with van der Waals surface area (Å²) in [5.41, 5.74) is 5.84. The number of nitrogens with two attached hydrogens (primary N) is 1. The van der Waals surface area contributed by atoms with Crippen LogP contribution < -0.4 is 16.0 Å². The first kappa shape index (κ1) is 19.3. The molecule has 0 radical (unpaired) electrons. The molecule has 2 rings (SSSR count). The van der Waals surface area contributed by atoms with Crippen molar-refractivity contribution >= 4 is 29.7 Å². The summed E-state index contributed by atoms with van der Waals surface area (Å²) in [6, 6.07) is 5.06. The molecule has 0 bridgehead atoms. The Morgan fingerprint density at radius 2 is 2.08 bits per heavy atom. The zero-order chi connectivity index (χ0) is 18.4. The summed E-state index contributed by atoms with van der Waals surface area (Å²) in [7, 11) is 0. The molecule has 1 heterocycles. The Hall–Kier alpha value is -2.00. The van der Waals surface area contributed by atoms with Crippen molar-refractivity contribution in [2.45, 2.75) is 25.7 Å². The number of halogens is 1. The van der Waals surface area contributed by atoms with E-state index in [2.05, 4.69) is 18.2 Å². The number of rotatable bonds is 5. The van der Waals surface area contributed by atoms with E-state index in [1.165, 1.54) is 0 Å². The van der Waals surface area contributed by atoms with Crippen LogP contribution in [0.5, 0.6) is 0 Å². The number of nitrogens with zero attached hydrogens (tertiary/aromatic N) is 2. The predicted octanol–water partition coefficient (Wildman–Crippen LogP) is 2.12. The van der Waals surface area contributed by atoms with Gasteiger partial charge in [-0.2, -0.15) is 0 Å². The van der Waals surface area contributed by atoms with Gasteiger partial charge in [0.1, 0.15) is 6.61 Å². The van der Waals surface area contributed by atoms with Crippen LogP contribution in [-0.4, -0.2) is 47.8 Å². The Morgan fingerprint density at radius 3 is 2.68 bits per heavy atom. The minimum absolute atomic E-state index is 0.220. The van der Waals surface area contributed by atoms with Gasteiger partial charge in [-0.3, -0.25) is 10.7 Å². The van der Waals surface area contributed by atoms with Crippen LogP contribution in [0, 0.1) is 11.2 Å². The number of carbonyl (C=O) groups excluding carboxylic acids is 1. The van der Waals surface area contributed by atoms with Crippen LogP contribution >= 0.6 is 11.9 Å². The maximum Gasteiger partial charge on any atom is 0.414 e. The number of carbonyl (C=O) groups is 1. The third kappa shape index (κ3) is 5.79. The van der Waals surface area contributed by atoms with Crippen LogP contribution in [0.1, 0.15) is 19.4 Å². The van der Waals surface area contributed by atoms with Crippen LogP contribution in [0.4, 0.5) is 14.9 Å². The highest BCUT2D eigenvalue weighted by Gasteiger charge is 2.21. The van der Waals surface area contributed by atoms with E-state index in [4.69, 9.17) is 15.9 Å². The van der Waals surface area contributed by atoms with Crippen LogP contribution in [0.25, 0.3) is 0 Å². The van der Waals surface area contributed by atoms with Crippen molar-refractivity contribution in [2.75, 3.05) is 31.1 Å². The van der Waals surface area contributed by atoms with Crippen molar-refractivity contribution in [2.24, 2.45) is 5.73 Å². The SMILES string of the molecule is CC(C)SN1CCN(c2cccc(COC(=O)NC(=N)N)c2F)CC1. The molecule has 1 aliphatic heterocycles. The first-order valence-corrected chi connectivity index (χ1v) is 8.92. The van der Waals surface area contributed by atoms with Gasteiger partial charge in [-0.05, 0) is 6.07 Å². The lowest BCUT2D eigenvalue weighted by atomic mass is 10.1. The van der Waals surface area contributed by atoms with Gasteiger partial charge in [-0.1, -0.05) is 37.9 Å². The fourth-order valence-corrected chi connectivity index (χ4v) is 3.51. The second-order valence-electron chi connectivity index (χ2n) is 5.94. The number of piperazine rings is 1. The number of ether oxygens (including phenoxy) is 1. The van der Waals surface area contributed by atoms with E-state index in [9.17, 15) is 9.18 Å². The summed E-state index contributed by atoms with van der Waals surface area (Å²) in [6.07, 6.45) is -0.878. The smallest absolute Gasteiger partial charge is 0.414 e. The van der Waals surface area contributed by atoms with Gasteiger partial charge in [0.05, 0.1) is 5.69 Å². The molecule has 1 saturated heterocycles. The van der Waals surface area contributed by atoms with Gasteiger partial charge < -0.3 is 15.4 Å². The Kier molecular flexibility index (Phi) is 6.89. The first-order chi connectivity index (χ1) is 11.9. The molecule has 1 fully saturated rings. The van der Waals surface area contributed by atoms with Gasteiger partial charge in [-0.15, -0.1) is 0 Å². The molecule has 0 unspecified atom stereocenters. The molecule has 0 atom stereocenters. The average Bonchev–Trinajstić information content (AvgIpc) is 2.53. The average molecular weight is 369 g/mol. The molecule has 138 valence electrons. The highest BCUT2D eigenvalue weighted by Crippen LogP contribution is 2.26. The minimum atomic E-state index is -0.878. The van der Waals surface area contributed by atoms with Crippen LogP contribution in [0.3, 0.4) is 0 Å². The van der Waals surface area contributed by atoms with Crippen LogP contribution in [0.15, 0.2) is 18.2 Å². The second kappa shape index (κ2) is 8.91. The molecular formula is C16H24FN5O2S. The van der Waals surface area contributed by atoms with Gasteiger partial charge in [0, 0.05) is 37.0 Å². The summed E-state index contributed by atoms with van der Waals surface area (Å²) in [5.74, 6) is -0.903. The summed E-state index contributed by atoms with van der Waals surface area (Å²) < 4.78 is 21.9. The van der Waals surface area contributed by atoms with Gasteiger partial charge >= 0.3 is 6.09 Å². The third-order valence-electron chi connectivity index (χ3n) is 3.59. The van der Waals surface area contributed by atoms with Crippen molar-refractivity contribution in [1.29, 1.82) is 5.41 Å². The highest BCUT2D eigenvalue weighted by molar-refractivity contribution is 7.97. The molecular weight excluding hydrogens is 345 g/mol. The van der Waals surface area contributed by atoms with Gasteiger partial charge in [0.2, 0.25) is 0 Å². The number of guanidine groups is 1. The Morgan fingerprint density at radius 1 is 1.40 bits per heavy atom. The molecule has 4 N–H and O–H groups in total. The van der Waals surface area contributed by atoms with Crippen molar-refractivity contribution in [3.05, 3.63) is 29.6 Å². The lowest BCUT2D eigenvalue weighted by molar-refractivity contribution is 0.143. The second-order valence-corrected chi connectivity index (χ2v) is 7.61. The fourth-order valence-electron chi connectivity index (χ4n) is 2.54. The summed E-state index contributed by atoms with van der Waals surface area (Å²) in [5, 5.41) is 9.48. The number of benzene rings is 1. The number of anilines is 1. The molecule has 0 aromatic heterocycles. The normalized spacial score (nSPS) is 15.3. The molecule has 7 nitrogen and oxygen atoms in total. The molecule has 1 aromatic rings. The molecule has 1 aliphatic rings. The van der Waals surface area contributed by atoms with Crippen molar-refractivity contribution < 1.29 is 13.9 Å². The van der Waals surface area contributed by atoms with E-state index in [0.717, 1.165) is 26.2 Å².